The highest BCUT2D eigenvalue weighted by molar-refractivity contribution is 5.85. The van der Waals surface area contributed by atoms with E-state index in [-0.39, 0.29) is 5.97 Å². The third-order valence-electron chi connectivity index (χ3n) is 7.09. The van der Waals surface area contributed by atoms with Crippen molar-refractivity contribution in [1.29, 1.82) is 0 Å². The van der Waals surface area contributed by atoms with E-state index in [1.165, 1.54) is 81.6 Å². The lowest BCUT2D eigenvalue weighted by atomic mass is 9.76. The molecule has 0 amide bonds. The van der Waals surface area contributed by atoms with Gasteiger partial charge in [0.25, 0.3) is 0 Å². The van der Waals surface area contributed by atoms with E-state index in [4.69, 9.17) is 4.74 Å². The molecule has 0 unspecified atom stereocenters. The Bertz CT molecular complexity index is 801. The Kier molecular flexibility index (Phi) is 9.90. The molecule has 0 bridgehead atoms. The summed E-state index contributed by atoms with van der Waals surface area (Å²) in [5, 5.41) is 2.40. The highest BCUT2D eigenvalue weighted by atomic mass is 16.5. The zero-order chi connectivity index (χ0) is 21.9. The molecule has 0 N–H and O–H groups in total. The fourth-order valence-electron chi connectivity index (χ4n) is 5.06. The summed E-state index contributed by atoms with van der Waals surface area (Å²) in [6, 6.07) is 12.9. The maximum atomic E-state index is 11.9. The summed E-state index contributed by atoms with van der Waals surface area (Å²) in [5.41, 5.74) is 1.48. The second kappa shape index (κ2) is 12.9. The average Bonchev–Trinajstić information content (AvgIpc) is 2.80. The van der Waals surface area contributed by atoms with Crippen LogP contribution in [0.4, 0.5) is 0 Å². The third-order valence-corrected chi connectivity index (χ3v) is 7.09. The Morgan fingerprint density at radius 2 is 1.48 bits per heavy atom. The van der Waals surface area contributed by atoms with Gasteiger partial charge in [0.2, 0.25) is 0 Å². The molecule has 0 aliphatic heterocycles. The largest absolute Gasteiger partial charge is 0.427 e. The van der Waals surface area contributed by atoms with Gasteiger partial charge in [-0.3, -0.25) is 4.79 Å². The molecule has 2 aromatic rings. The second-order valence-corrected chi connectivity index (χ2v) is 9.62. The quantitative estimate of drug-likeness (QED) is 0.194. The number of rotatable bonds is 12. The van der Waals surface area contributed by atoms with Gasteiger partial charge in [-0.15, -0.1) is 0 Å². The summed E-state index contributed by atoms with van der Waals surface area (Å²) in [7, 11) is 0. The van der Waals surface area contributed by atoms with Crippen molar-refractivity contribution >= 4 is 16.7 Å². The van der Waals surface area contributed by atoms with Crippen LogP contribution in [0.5, 0.6) is 5.75 Å². The number of unbranched alkanes of at least 4 members (excludes halogenated alkanes) is 6. The van der Waals surface area contributed by atoms with E-state index in [1.807, 2.05) is 12.1 Å². The smallest absolute Gasteiger partial charge is 0.311 e. The van der Waals surface area contributed by atoms with Gasteiger partial charge in [0.05, 0.1) is 0 Å². The molecule has 2 aromatic carbocycles. The van der Waals surface area contributed by atoms with Crippen molar-refractivity contribution in [2.45, 2.75) is 110 Å². The molecule has 0 spiro atoms. The van der Waals surface area contributed by atoms with E-state index in [1.54, 1.807) is 0 Å². The van der Waals surface area contributed by atoms with Crippen molar-refractivity contribution in [1.82, 2.24) is 0 Å². The first-order chi connectivity index (χ1) is 15.2. The van der Waals surface area contributed by atoms with Crippen LogP contribution in [0.25, 0.3) is 10.8 Å². The van der Waals surface area contributed by atoms with Gasteiger partial charge in [-0.1, -0.05) is 89.5 Å². The van der Waals surface area contributed by atoms with Gasteiger partial charge < -0.3 is 4.74 Å². The molecule has 0 heterocycles. The van der Waals surface area contributed by atoms with Crippen LogP contribution < -0.4 is 4.74 Å². The minimum Gasteiger partial charge on any atom is -0.427 e. The van der Waals surface area contributed by atoms with E-state index in [0.717, 1.165) is 24.1 Å². The van der Waals surface area contributed by atoms with Crippen LogP contribution in [0.15, 0.2) is 36.4 Å². The first kappa shape index (κ1) is 23.8. The molecular weight excluding hydrogens is 380 g/mol. The number of esters is 1. The van der Waals surface area contributed by atoms with Gasteiger partial charge in [0, 0.05) is 6.42 Å². The van der Waals surface area contributed by atoms with Crippen molar-refractivity contribution in [2.24, 2.45) is 5.92 Å². The number of carbonyl (C=O) groups is 1. The van der Waals surface area contributed by atoms with Gasteiger partial charge >= 0.3 is 5.97 Å². The molecule has 2 nitrogen and oxygen atoms in total. The van der Waals surface area contributed by atoms with Crippen LogP contribution in [0.2, 0.25) is 0 Å². The summed E-state index contributed by atoms with van der Waals surface area (Å²) in [4.78, 5) is 11.9. The highest BCUT2D eigenvalue weighted by Gasteiger charge is 2.22. The minimum absolute atomic E-state index is 0.129. The Labute approximate surface area is 189 Å². The fraction of sp³-hybridized carbons (Fsp3) is 0.621. The highest BCUT2D eigenvalue weighted by Crippen LogP contribution is 2.38. The van der Waals surface area contributed by atoms with Crippen LogP contribution in [-0.4, -0.2) is 5.97 Å². The molecule has 1 aliphatic carbocycles. The van der Waals surface area contributed by atoms with Crippen LogP contribution in [0.1, 0.15) is 115 Å². The van der Waals surface area contributed by atoms with Crippen molar-refractivity contribution in [2.75, 3.05) is 0 Å². The van der Waals surface area contributed by atoms with Crippen LogP contribution in [0.3, 0.4) is 0 Å². The summed E-state index contributed by atoms with van der Waals surface area (Å²) in [6.45, 7) is 4.38. The second-order valence-electron chi connectivity index (χ2n) is 9.62. The van der Waals surface area contributed by atoms with Gasteiger partial charge in [0.15, 0.2) is 0 Å². The van der Waals surface area contributed by atoms with E-state index in [2.05, 4.69) is 38.1 Å². The number of benzene rings is 2. The number of ether oxygens (including phenoxy) is 1. The summed E-state index contributed by atoms with van der Waals surface area (Å²) < 4.78 is 5.50. The molecule has 31 heavy (non-hydrogen) atoms. The molecular formula is C29H42O2. The van der Waals surface area contributed by atoms with E-state index >= 15 is 0 Å². The number of carbonyl (C=O) groups excluding carboxylic acids is 1. The first-order valence-electron chi connectivity index (χ1n) is 12.9. The summed E-state index contributed by atoms with van der Waals surface area (Å²) in [6.07, 6.45) is 17.7. The lowest BCUT2D eigenvalue weighted by Crippen LogP contribution is -2.13. The Morgan fingerprint density at radius 1 is 0.806 bits per heavy atom. The Morgan fingerprint density at radius 3 is 2.26 bits per heavy atom. The summed E-state index contributed by atoms with van der Waals surface area (Å²) >= 11 is 0. The number of fused-ring (bicyclic) bond motifs is 1. The number of hydrogen-bond donors (Lipinski definition) is 0. The van der Waals surface area contributed by atoms with Gasteiger partial charge in [-0.05, 0) is 72.4 Å². The lowest BCUT2D eigenvalue weighted by molar-refractivity contribution is -0.134. The molecule has 0 aromatic heterocycles. The van der Waals surface area contributed by atoms with E-state index in [0.29, 0.717) is 18.1 Å². The molecule has 0 radical (unpaired) electrons. The van der Waals surface area contributed by atoms with Crippen LogP contribution in [0, 0.1) is 5.92 Å². The van der Waals surface area contributed by atoms with Crippen molar-refractivity contribution in [3.63, 3.8) is 0 Å². The standard InChI is InChI=1S/C29H42O2/c1-3-5-7-8-9-10-11-23-13-15-24(16-14-23)25-17-18-27-22-28(20-19-26(27)21-25)31-29(30)12-6-4-2/h17-24H,3-16H2,1-2H3/t23-,24-. The van der Waals surface area contributed by atoms with E-state index < -0.39 is 0 Å². The molecule has 1 saturated carbocycles. The third kappa shape index (κ3) is 7.66. The molecule has 3 rings (SSSR count). The fourth-order valence-corrected chi connectivity index (χ4v) is 5.06. The lowest BCUT2D eigenvalue weighted by Gasteiger charge is -2.29. The predicted octanol–water partition coefficient (Wildman–Crippen LogP) is 8.96. The zero-order valence-corrected chi connectivity index (χ0v) is 19.8. The molecule has 1 fully saturated rings. The van der Waals surface area contributed by atoms with Crippen LogP contribution >= 0.6 is 0 Å². The zero-order valence-electron chi connectivity index (χ0n) is 19.8. The SMILES string of the molecule is CCCCCCCC[C@H]1CC[C@H](c2ccc3cc(OC(=O)CCCC)ccc3c2)CC1. The van der Waals surface area contributed by atoms with Gasteiger partial charge in [-0.25, -0.2) is 0 Å². The maximum Gasteiger partial charge on any atom is 0.311 e. The molecule has 0 saturated heterocycles. The molecule has 2 heteroatoms. The summed E-state index contributed by atoms with van der Waals surface area (Å²) in [5.74, 6) is 2.19. The Hall–Kier alpha value is -1.83. The normalized spacial score (nSPS) is 18.9. The topological polar surface area (TPSA) is 26.3 Å². The van der Waals surface area contributed by atoms with Gasteiger partial charge in [-0.2, -0.15) is 0 Å². The molecule has 1 aliphatic rings. The predicted molar refractivity (Wildman–Crippen MR) is 132 cm³/mol. The number of hydrogen-bond acceptors (Lipinski definition) is 2. The molecule has 170 valence electrons. The van der Waals surface area contributed by atoms with Crippen molar-refractivity contribution in [3.05, 3.63) is 42.0 Å². The Balaban J connectivity index is 1.47. The monoisotopic (exact) mass is 422 g/mol. The van der Waals surface area contributed by atoms with Crippen LogP contribution in [-0.2, 0) is 4.79 Å². The molecule has 0 atom stereocenters. The first-order valence-corrected chi connectivity index (χ1v) is 12.9. The van der Waals surface area contributed by atoms with Crippen molar-refractivity contribution in [3.8, 4) is 5.75 Å². The van der Waals surface area contributed by atoms with E-state index in [9.17, 15) is 4.79 Å². The maximum absolute atomic E-state index is 11.9. The van der Waals surface area contributed by atoms with Crippen molar-refractivity contribution < 1.29 is 9.53 Å². The minimum atomic E-state index is -0.129. The average molecular weight is 423 g/mol. The van der Waals surface area contributed by atoms with Gasteiger partial charge in [0.1, 0.15) is 5.75 Å².